The van der Waals surface area contributed by atoms with Crippen LogP contribution >= 0.6 is 38.6 Å². The summed E-state index contributed by atoms with van der Waals surface area (Å²) in [6, 6.07) is 3.82. The molecule has 0 fully saturated rings. The fourth-order valence-electron chi connectivity index (χ4n) is 1.12. The Balaban J connectivity index is 2.10. The second-order valence-corrected chi connectivity index (χ2v) is 6.51. The summed E-state index contributed by atoms with van der Waals surface area (Å²) in [5.41, 5.74) is 5.06. The van der Waals surface area contributed by atoms with Gasteiger partial charge in [0.15, 0.2) is 12.3 Å². The number of amides is 1. The Morgan fingerprint density at radius 3 is 2.83 bits per heavy atom. The van der Waals surface area contributed by atoms with Gasteiger partial charge in [0, 0.05) is 5.38 Å². The Morgan fingerprint density at radius 2 is 2.22 bits per heavy atom. The summed E-state index contributed by atoms with van der Waals surface area (Å²) in [6.07, 6.45) is 0. The van der Waals surface area contributed by atoms with Gasteiger partial charge in [0.2, 0.25) is 0 Å². The molecule has 0 aliphatic heterocycles. The van der Waals surface area contributed by atoms with Crippen LogP contribution in [0.5, 0.6) is 0 Å². The summed E-state index contributed by atoms with van der Waals surface area (Å²) in [5, 5.41) is 2.32. The number of carbonyl (C=O) groups is 2. The Labute approximate surface area is 119 Å². The third-order valence-corrected chi connectivity index (χ3v) is 4.48. The van der Waals surface area contributed by atoms with Crippen molar-refractivity contribution < 1.29 is 14.3 Å². The first-order valence-electron chi connectivity index (χ1n) is 4.73. The number of thiazole rings is 1. The molecule has 0 aliphatic carbocycles. The maximum Gasteiger partial charge on any atom is 0.358 e. The van der Waals surface area contributed by atoms with Gasteiger partial charge in [-0.15, -0.1) is 22.7 Å². The minimum absolute atomic E-state index is 0.181. The van der Waals surface area contributed by atoms with E-state index >= 15 is 0 Å². The van der Waals surface area contributed by atoms with Crippen molar-refractivity contribution in [2.24, 2.45) is 5.73 Å². The summed E-state index contributed by atoms with van der Waals surface area (Å²) < 4.78 is 5.66. The van der Waals surface area contributed by atoms with Gasteiger partial charge in [-0.05, 0) is 28.1 Å². The van der Waals surface area contributed by atoms with Crippen molar-refractivity contribution in [1.82, 2.24) is 4.98 Å². The highest BCUT2D eigenvalue weighted by atomic mass is 79.9. The second-order valence-electron chi connectivity index (χ2n) is 3.18. The Bertz CT molecular complexity index is 593. The number of ether oxygens (including phenoxy) is 1. The van der Waals surface area contributed by atoms with Crippen LogP contribution in [0, 0.1) is 0 Å². The smallest absolute Gasteiger partial charge is 0.358 e. The van der Waals surface area contributed by atoms with Crippen molar-refractivity contribution in [1.29, 1.82) is 0 Å². The summed E-state index contributed by atoms with van der Waals surface area (Å²) in [4.78, 5) is 27.1. The number of primary amides is 1. The number of carbonyl (C=O) groups excluding carboxylic acids is 2. The molecule has 0 saturated heterocycles. The molecule has 2 rings (SSSR count). The highest BCUT2D eigenvalue weighted by Crippen LogP contribution is 2.33. The molecule has 0 bridgehead atoms. The Kier molecular flexibility index (Phi) is 4.10. The van der Waals surface area contributed by atoms with E-state index in [-0.39, 0.29) is 5.69 Å². The van der Waals surface area contributed by atoms with Crippen LogP contribution in [0.25, 0.3) is 9.88 Å². The van der Waals surface area contributed by atoms with Gasteiger partial charge >= 0.3 is 5.97 Å². The van der Waals surface area contributed by atoms with E-state index in [9.17, 15) is 9.59 Å². The van der Waals surface area contributed by atoms with Crippen molar-refractivity contribution in [3.05, 3.63) is 27.0 Å². The molecule has 5 nitrogen and oxygen atoms in total. The average molecular weight is 347 g/mol. The van der Waals surface area contributed by atoms with E-state index in [0.29, 0.717) is 0 Å². The van der Waals surface area contributed by atoms with E-state index < -0.39 is 18.5 Å². The number of nitrogens with zero attached hydrogens (tertiary/aromatic N) is 1. The van der Waals surface area contributed by atoms with Gasteiger partial charge in [0.25, 0.3) is 5.91 Å². The minimum Gasteiger partial charge on any atom is -0.451 e. The van der Waals surface area contributed by atoms with Crippen LogP contribution < -0.4 is 5.73 Å². The number of esters is 1. The van der Waals surface area contributed by atoms with Crippen molar-refractivity contribution in [3.63, 3.8) is 0 Å². The SMILES string of the molecule is NC(=O)COC(=O)c1csc(-c2ccc(Br)s2)n1. The van der Waals surface area contributed by atoms with Crippen molar-refractivity contribution >= 4 is 50.5 Å². The fraction of sp³-hybridized carbons (Fsp3) is 0.100. The summed E-state index contributed by atoms with van der Waals surface area (Å²) in [5.74, 6) is -1.34. The fourth-order valence-corrected chi connectivity index (χ4v) is 3.37. The van der Waals surface area contributed by atoms with Crippen LogP contribution in [0.15, 0.2) is 21.3 Å². The van der Waals surface area contributed by atoms with Crippen molar-refractivity contribution in [2.75, 3.05) is 6.61 Å². The van der Waals surface area contributed by atoms with Crippen LogP contribution in [0.2, 0.25) is 0 Å². The summed E-state index contributed by atoms with van der Waals surface area (Å²) in [7, 11) is 0. The number of aromatic nitrogens is 1. The van der Waals surface area contributed by atoms with E-state index in [4.69, 9.17) is 5.73 Å². The molecule has 0 aromatic carbocycles. The molecule has 8 heteroatoms. The molecule has 2 aromatic heterocycles. The molecular weight excluding hydrogens is 340 g/mol. The van der Waals surface area contributed by atoms with Crippen LogP contribution in [0.3, 0.4) is 0 Å². The number of hydrogen-bond donors (Lipinski definition) is 1. The van der Waals surface area contributed by atoms with Crippen LogP contribution in [0.1, 0.15) is 10.5 Å². The molecule has 0 spiro atoms. The lowest BCUT2D eigenvalue weighted by molar-refractivity contribution is -0.121. The quantitative estimate of drug-likeness (QED) is 0.861. The zero-order valence-electron chi connectivity index (χ0n) is 8.88. The van der Waals surface area contributed by atoms with Crippen molar-refractivity contribution in [3.8, 4) is 9.88 Å². The molecular formula is C10H7BrN2O3S2. The maximum absolute atomic E-state index is 11.5. The van der Waals surface area contributed by atoms with Gasteiger partial charge in [-0.2, -0.15) is 0 Å². The molecule has 2 heterocycles. The van der Waals surface area contributed by atoms with Gasteiger partial charge in [-0.3, -0.25) is 4.79 Å². The zero-order valence-corrected chi connectivity index (χ0v) is 12.1. The first kappa shape index (κ1) is 13.2. The Morgan fingerprint density at radius 1 is 1.44 bits per heavy atom. The first-order valence-corrected chi connectivity index (χ1v) is 7.22. The standard InChI is InChI=1S/C10H7BrN2O3S2/c11-7-2-1-6(18-7)9-13-5(4-17-9)10(15)16-3-8(12)14/h1-2,4H,3H2,(H2,12,14). The van der Waals surface area contributed by atoms with Gasteiger partial charge in [-0.1, -0.05) is 0 Å². The Hall–Kier alpha value is -1.25. The van der Waals surface area contributed by atoms with E-state index in [1.54, 1.807) is 5.38 Å². The monoisotopic (exact) mass is 346 g/mol. The van der Waals surface area contributed by atoms with E-state index in [1.807, 2.05) is 12.1 Å². The van der Waals surface area contributed by atoms with Crippen LogP contribution in [-0.4, -0.2) is 23.5 Å². The summed E-state index contributed by atoms with van der Waals surface area (Å²) in [6.45, 7) is -0.434. The summed E-state index contributed by atoms with van der Waals surface area (Å²) >= 11 is 6.22. The van der Waals surface area contributed by atoms with E-state index in [1.165, 1.54) is 22.7 Å². The predicted octanol–water partition coefficient (Wildman–Crippen LogP) is 2.28. The van der Waals surface area contributed by atoms with Crippen molar-refractivity contribution in [2.45, 2.75) is 0 Å². The normalized spacial score (nSPS) is 10.3. The second kappa shape index (κ2) is 5.59. The highest BCUT2D eigenvalue weighted by molar-refractivity contribution is 9.11. The number of hydrogen-bond acceptors (Lipinski definition) is 6. The van der Waals surface area contributed by atoms with Gasteiger partial charge in [0.05, 0.1) is 8.66 Å². The third kappa shape index (κ3) is 3.15. The lowest BCUT2D eigenvalue weighted by atomic mass is 10.4. The molecule has 0 atom stereocenters. The highest BCUT2D eigenvalue weighted by Gasteiger charge is 2.14. The number of nitrogens with two attached hydrogens (primary N) is 1. The molecule has 18 heavy (non-hydrogen) atoms. The third-order valence-electron chi connectivity index (χ3n) is 1.84. The van der Waals surface area contributed by atoms with Crippen LogP contribution in [-0.2, 0) is 9.53 Å². The van der Waals surface area contributed by atoms with Gasteiger partial charge in [-0.25, -0.2) is 9.78 Å². The first-order chi connectivity index (χ1) is 8.56. The lowest BCUT2D eigenvalue weighted by Gasteiger charge is -1.97. The largest absolute Gasteiger partial charge is 0.451 e. The average Bonchev–Trinajstić information content (AvgIpc) is 2.93. The molecule has 0 saturated carbocycles. The number of halogens is 1. The maximum atomic E-state index is 11.5. The van der Waals surface area contributed by atoms with Gasteiger partial charge in [0.1, 0.15) is 5.01 Å². The molecule has 94 valence electrons. The van der Waals surface area contributed by atoms with E-state index in [0.717, 1.165) is 13.7 Å². The molecule has 0 radical (unpaired) electrons. The van der Waals surface area contributed by atoms with Crippen LogP contribution in [0.4, 0.5) is 0 Å². The number of thiophene rings is 1. The van der Waals surface area contributed by atoms with E-state index in [2.05, 4.69) is 25.7 Å². The lowest BCUT2D eigenvalue weighted by Crippen LogP contribution is -2.21. The zero-order chi connectivity index (χ0) is 13.1. The molecule has 0 aliphatic rings. The minimum atomic E-state index is -0.694. The van der Waals surface area contributed by atoms with Gasteiger partial charge < -0.3 is 10.5 Å². The molecule has 2 N–H and O–H groups in total. The molecule has 0 unspecified atom stereocenters. The number of rotatable bonds is 4. The molecule has 1 amide bonds. The topological polar surface area (TPSA) is 82.3 Å². The predicted molar refractivity (Wildman–Crippen MR) is 72.6 cm³/mol. The molecule has 2 aromatic rings.